The topological polar surface area (TPSA) is 41.1 Å². The number of piperidine rings is 1. The Labute approximate surface area is 113 Å². The molecular formula is C13H14F4N2O. The Kier molecular flexibility index (Phi) is 4.59. The zero-order chi connectivity index (χ0) is 14.7. The molecule has 1 saturated heterocycles. The molecule has 1 fully saturated rings. The van der Waals surface area contributed by atoms with Gasteiger partial charge in [-0.1, -0.05) is 6.42 Å². The van der Waals surface area contributed by atoms with Gasteiger partial charge in [-0.25, -0.2) is 17.6 Å². The van der Waals surface area contributed by atoms with Crippen LogP contribution in [-0.2, 0) is 4.79 Å². The first-order chi connectivity index (χ1) is 9.49. The third kappa shape index (κ3) is 3.27. The predicted octanol–water partition coefficient (Wildman–Crippen LogP) is 2.71. The van der Waals surface area contributed by atoms with E-state index in [4.69, 9.17) is 0 Å². The molecule has 1 aromatic rings. The first-order valence-electron chi connectivity index (χ1n) is 6.35. The van der Waals surface area contributed by atoms with Crippen LogP contribution in [-0.4, -0.2) is 18.5 Å². The maximum atomic E-state index is 13.4. The molecule has 3 nitrogen and oxygen atoms in total. The highest BCUT2D eigenvalue weighted by Crippen LogP contribution is 2.24. The smallest absolute Gasteiger partial charge is 0.226 e. The summed E-state index contributed by atoms with van der Waals surface area (Å²) in [6.45, 7) is 0.773. The molecule has 0 spiro atoms. The highest BCUT2D eigenvalue weighted by Gasteiger charge is 2.22. The van der Waals surface area contributed by atoms with E-state index in [1.165, 1.54) is 0 Å². The summed E-state index contributed by atoms with van der Waals surface area (Å²) in [7, 11) is 0. The fraction of sp³-hybridized carbons (Fsp3) is 0.462. The van der Waals surface area contributed by atoms with E-state index in [9.17, 15) is 22.4 Å². The molecule has 1 aliphatic heterocycles. The van der Waals surface area contributed by atoms with E-state index in [-0.39, 0.29) is 18.5 Å². The Balaban J connectivity index is 2.07. The molecule has 2 N–H and O–H groups in total. The molecule has 1 amide bonds. The van der Waals surface area contributed by atoms with Crippen molar-refractivity contribution in [3.05, 3.63) is 29.3 Å². The third-order valence-electron chi connectivity index (χ3n) is 3.22. The predicted molar refractivity (Wildman–Crippen MR) is 65.2 cm³/mol. The van der Waals surface area contributed by atoms with Crippen LogP contribution >= 0.6 is 0 Å². The van der Waals surface area contributed by atoms with Crippen molar-refractivity contribution >= 4 is 11.6 Å². The second kappa shape index (κ2) is 6.21. The quantitative estimate of drug-likeness (QED) is 0.664. The van der Waals surface area contributed by atoms with E-state index in [1.807, 2.05) is 5.32 Å². The molecule has 2 rings (SSSR count). The van der Waals surface area contributed by atoms with Crippen molar-refractivity contribution in [2.45, 2.75) is 31.7 Å². The van der Waals surface area contributed by atoms with Crippen LogP contribution in [0, 0.1) is 23.3 Å². The maximum Gasteiger partial charge on any atom is 0.226 e. The van der Waals surface area contributed by atoms with Crippen LogP contribution in [0.5, 0.6) is 0 Å². The summed E-state index contributed by atoms with van der Waals surface area (Å²) in [6, 6.07) is 0.0107. The molecular weight excluding hydrogens is 276 g/mol. The Hall–Kier alpha value is -1.63. The highest BCUT2D eigenvalue weighted by molar-refractivity contribution is 5.91. The standard InChI is InChI=1S/C13H14F4N2O/c14-8-6-9(15)12(17)13(11(8)16)19-10(20)5-7-3-1-2-4-18-7/h6-7,18H,1-5H2,(H,19,20). The minimum Gasteiger partial charge on any atom is -0.321 e. The first-order valence-corrected chi connectivity index (χ1v) is 6.35. The second-order valence-corrected chi connectivity index (χ2v) is 4.74. The summed E-state index contributed by atoms with van der Waals surface area (Å²) in [5.74, 6) is -6.99. The van der Waals surface area contributed by atoms with Gasteiger partial charge in [0.1, 0.15) is 5.69 Å². The van der Waals surface area contributed by atoms with Crippen LogP contribution < -0.4 is 10.6 Å². The largest absolute Gasteiger partial charge is 0.321 e. The van der Waals surface area contributed by atoms with Gasteiger partial charge in [0.15, 0.2) is 23.3 Å². The fourth-order valence-electron chi connectivity index (χ4n) is 2.20. The third-order valence-corrected chi connectivity index (χ3v) is 3.22. The lowest BCUT2D eigenvalue weighted by Crippen LogP contribution is -2.37. The number of carbonyl (C=O) groups is 1. The number of hydrogen-bond acceptors (Lipinski definition) is 2. The Morgan fingerprint density at radius 1 is 1.20 bits per heavy atom. The van der Waals surface area contributed by atoms with Crippen molar-refractivity contribution < 1.29 is 22.4 Å². The van der Waals surface area contributed by atoms with Gasteiger partial charge in [0, 0.05) is 18.5 Å². The van der Waals surface area contributed by atoms with Gasteiger partial charge >= 0.3 is 0 Å². The molecule has 1 unspecified atom stereocenters. The lowest BCUT2D eigenvalue weighted by atomic mass is 10.0. The minimum absolute atomic E-state index is 0.00296. The van der Waals surface area contributed by atoms with Gasteiger partial charge < -0.3 is 10.6 Å². The molecule has 1 atom stereocenters. The van der Waals surface area contributed by atoms with Gasteiger partial charge in [-0.2, -0.15) is 0 Å². The fourth-order valence-corrected chi connectivity index (χ4v) is 2.20. The van der Waals surface area contributed by atoms with Crippen molar-refractivity contribution in [3.8, 4) is 0 Å². The second-order valence-electron chi connectivity index (χ2n) is 4.74. The normalized spacial score (nSPS) is 18.9. The summed E-state index contributed by atoms with van der Waals surface area (Å²) in [6.07, 6.45) is 2.74. The van der Waals surface area contributed by atoms with E-state index in [1.54, 1.807) is 0 Å². The lowest BCUT2D eigenvalue weighted by Gasteiger charge is -2.22. The van der Waals surface area contributed by atoms with Crippen LogP contribution in [0.15, 0.2) is 6.07 Å². The van der Waals surface area contributed by atoms with E-state index in [2.05, 4.69) is 5.32 Å². The summed E-state index contributed by atoms with van der Waals surface area (Å²) in [5, 5.41) is 4.99. The van der Waals surface area contributed by atoms with Gasteiger partial charge in [-0.15, -0.1) is 0 Å². The maximum absolute atomic E-state index is 13.4. The SMILES string of the molecule is O=C(CC1CCCCN1)Nc1c(F)c(F)cc(F)c1F. The molecule has 0 radical (unpaired) electrons. The van der Waals surface area contributed by atoms with E-state index in [0.29, 0.717) is 0 Å². The number of halogens is 4. The molecule has 0 aliphatic carbocycles. The average Bonchev–Trinajstić information content (AvgIpc) is 2.42. The van der Waals surface area contributed by atoms with Crippen molar-refractivity contribution in [3.63, 3.8) is 0 Å². The van der Waals surface area contributed by atoms with Crippen LogP contribution in [0.4, 0.5) is 23.2 Å². The number of amides is 1. The van der Waals surface area contributed by atoms with Gasteiger partial charge in [-0.05, 0) is 19.4 Å². The van der Waals surface area contributed by atoms with Crippen molar-refractivity contribution in [1.29, 1.82) is 0 Å². The van der Waals surface area contributed by atoms with Crippen molar-refractivity contribution in [2.24, 2.45) is 0 Å². The van der Waals surface area contributed by atoms with Gasteiger partial charge in [0.05, 0.1) is 0 Å². The molecule has 0 bridgehead atoms. The number of hydrogen-bond donors (Lipinski definition) is 2. The molecule has 1 heterocycles. The number of anilines is 1. The van der Waals surface area contributed by atoms with E-state index < -0.39 is 34.9 Å². The summed E-state index contributed by atoms with van der Waals surface area (Å²) < 4.78 is 52.7. The average molecular weight is 290 g/mol. The lowest BCUT2D eigenvalue weighted by molar-refractivity contribution is -0.116. The number of carbonyl (C=O) groups excluding carboxylic acids is 1. The van der Waals surface area contributed by atoms with Crippen molar-refractivity contribution in [2.75, 3.05) is 11.9 Å². The Bertz CT molecular complexity index is 489. The zero-order valence-electron chi connectivity index (χ0n) is 10.6. The molecule has 1 aliphatic rings. The molecule has 1 aromatic carbocycles. The number of rotatable bonds is 3. The summed E-state index contributed by atoms with van der Waals surface area (Å²) >= 11 is 0. The monoisotopic (exact) mass is 290 g/mol. The Morgan fingerprint density at radius 2 is 1.85 bits per heavy atom. The van der Waals surface area contributed by atoms with Gasteiger partial charge in [-0.3, -0.25) is 4.79 Å². The summed E-state index contributed by atoms with van der Waals surface area (Å²) in [5.41, 5.74) is -1.08. The van der Waals surface area contributed by atoms with Crippen LogP contribution in [0.2, 0.25) is 0 Å². The molecule has 7 heteroatoms. The Morgan fingerprint density at radius 3 is 2.40 bits per heavy atom. The molecule has 0 saturated carbocycles. The first kappa shape index (κ1) is 14.8. The number of benzene rings is 1. The van der Waals surface area contributed by atoms with Crippen LogP contribution in [0.1, 0.15) is 25.7 Å². The summed E-state index contributed by atoms with van der Waals surface area (Å²) in [4.78, 5) is 11.7. The highest BCUT2D eigenvalue weighted by atomic mass is 19.2. The van der Waals surface area contributed by atoms with Gasteiger partial charge in [0.2, 0.25) is 5.91 Å². The minimum atomic E-state index is -1.60. The number of nitrogens with one attached hydrogen (secondary N) is 2. The van der Waals surface area contributed by atoms with E-state index in [0.717, 1.165) is 25.8 Å². The van der Waals surface area contributed by atoms with Gasteiger partial charge in [0.25, 0.3) is 0 Å². The molecule has 0 aromatic heterocycles. The van der Waals surface area contributed by atoms with Crippen molar-refractivity contribution in [1.82, 2.24) is 5.32 Å². The zero-order valence-corrected chi connectivity index (χ0v) is 10.6. The van der Waals surface area contributed by atoms with E-state index >= 15 is 0 Å². The molecule has 20 heavy (non-hydrogen) atoms. The van der Waals surface area contributed by atoms with Crippen LogP contribution in [0.3, 0.4) is 0 Å². The molecule has 110 valence electrons. The van der Waals surface area contributed by atoms with Crippen LogP contribution in [0.25, 0.3) is 0 Å².